The van der Waals surface area contributed by atoms with Gasteiger partial charge >= 0.3 is 0 Å². The molecule has 4 nitrogen and oxygen atoms in total. The van der Waals surface area contributed by atoms with Crippen molar-refractivity contribution in [2.75, 3.05) is 7.05 Å². The molecule has 0 radical (unpaired) electrons. The van der Waals surface area contributed by atoms with Gasteiger partial charge in [0.15, 0.2) is 5.11 Å². The molecule has 1 aromatic carbocycles. The van der Waals surface area contributed by atoms with E-state index in [2.05, 4.69) is 15.8 Å². The van der Waals surface area contributed by atoms with Crippen LogP contribution < -0.4 is 10.7 Å². The Kier molecular flexibility index (Phi) is 5.00. The largest absolute Gasteiger partial charge is 0.455 e. The Bertz CT molecular complexity index is 655. The van der Waals surface area contributed by atoms with Crippen LogP contribution in [-0.4, -0.2) is 18.4 Å². The summed E-state index contributed by atoms with van der Waals surface area (Å²) in [7, 11) is 1.71. The monoisotopic (exact) mass is 327 g/mol. The lowest BCUT2D eigenvalue weighted by Gasteiger charge is -2.02. The van der Waals surface area contributed by atoms with E-state index in [4.69, 9.17) is 39.8 Å². The minimum atomic E-state index is 0.422. The number of hydrogen-bond donors (Lipinski definition) is 2. The van der Waals surface area contributed by atoms with E-state index in [1.807, 2.05) is 12.1 Å². The maximum atomic E-state index is 6.14. The van der Waals surface area contributed by atoms with E-state index in [0.717, 1.165) is 5.56 Å². The van der Waals surface area contributed by atoms with Gasteiger partial charge in [-0.15, -0.1) is 0 Å². The van der Waals surface area contributed by atoms with Gasteiger partial charge in [-0.25, -0.2) is 0 Å². The van der Waals surface area contributed by atoms with E-state index in [9.17, 15) is 0 Å². The Morgan fingerprint density at radius 1 is 1.30 bits per heavy atom. The van der Waals surface area contributed by atoms with E-state index in [0.29, 0.717) is 26.7 Å². The molecular weight excluding hydrogens is 317 g/mol. The Balaban J connectivity index is 2.17. The van der Waals surface area contributed by atoms with Gasteiger partial charge in [-0.3, -0.25) is 5.43 Å². The molecule has 0 spiro atoms. The van der Waals surface area contributed by atoms with Crippen molar-refractivity contribution in [3.05, 3.63) is 46.1 Å². The van der Waals surface area contributed by atoms with Crippen LogP contribution in [-0.2, 0) is 0 Å². The Hall–Kier alpha value is -1.56. The minimum Gasteiger partial charge on any atom is -0.455 e. The van der Waals surface area contributed by atoms with Crippen molar-refractivity contribution >= 4 is 46.7 Å². The van der Waals surface area contributed by atoms with Crippen LogP contribution in [0.5, 0.6) is 0 Å². The molecule has 0 amide bonds. The molecule has 104 valence electrons. The average Bonchev–Trinajstić information content (AvgIpc) is 2.90. The number of rotatable bonds is 3. The minimum absolute atomic E-state index is 0.422. The zero-order valence-corrected chi connectivity index (χ0v) is 12.8. The molecule has 0 saturated heterocycles. The van der Waals surface area contributed by atoms with E-state index >= 15 is 0 Å². The van der Waals surface area contributed by atoms with E-state index < -0.39 is 0 Å². The Labute approximate surface area is 131 Å². The molecule has 2 N–H and O–H groups in total. The van der Waals surface area contributed by atoms with Gasteiger partial charge in [0.1, 0.15) is 11.5 Å². The van der Waals surface area contributed by atoms with E-state index in [-0.39, 0.29) is 0 Å². The quantitative estimate of drug-likeness (QED) is 0.513. The van der Waals surface area contributed by atoms with E-state index in [1.165, 1.54) is 6.21 Å². The molecule has 0 unspecified atom stereocenters. The summed E-state index contributed by atoms with van der Waals surface area (Å²) in [6.45, 7) is 0. The van der Waals surface area contributed by atoms with Gasteiger partial charge in [0.25, 0.3) is 0 Å². The predicted molar refractivity (Wildman–Crippen MR) is 86.6 cm³/mol. The first-order valence-electron chi connectivity index (χ1n) is 5.67. The maximum Gasteiger partial charge on any atom is 0.186 e. The first-order valence-corrected chi connectivity index (χ1v) is 6.83. The van der Waals surface area contributed by atoms with Crippen LogP contribution in [0.1, 0.15) is 5.76 Å². The third-order valence-corrected chi connectivity index (χ3v) is 3.54. The van der Waals surface area contributed by atoms with Crippen molar-refractivity contribution in [1.82, 2.24) is 10.7 Å². The van der Waals surface area contributed by atoms with E-state index in [1.54, 1.807) is 25.2 Å². The lowest BCUT2D eigenvalue weighted by Crippen LogP contribution is -2.28. The molecule has 0 bridgehead atoms. The van der Waals surface area contributed by atoms with Gasteiger partial charge in [0.2, 0.25) is 0 Å². The van der Waals surface area contributed by atoms with Gasteiger partial charge in [-0.1, -0.05) is 29.3 Å². The molecule has 1 heterocycles. The zero-order chi connectivity index (χ0) is 14.5. The van der Waals surface area contributed by atoms with Crippen molar-refractivity contribution in [3.63, 3.8) is 0 Å². The molecule has 0 fully saturated rings. The van der Waals surface area contributed by atoms with Crippen molar-refractivity contribution in [1.29, 1.82) is 0 Å². The fraction of sp³-hybridized carbons (Fsp3) is 0.0769. The number of nitrogens with zero attached hydrogens (tertiary/aromatic N) is 1. The second-order valence-corrected chi connectivity index (χ2v) is 4.95. The van der Waals surface area contributed by atoms with Crippen LogP contribution in [0, 0.1) is 0 Å². The molecule has 2 aromatic rings. The van der Waals surface area contributed by atoms with Gasteiger partial charge in [-0.05, 0) is 36.5 Å². The standard InChI is InChI=1S/C13H11Cl2N3OS/c1-16-13(20)18-17-7-8-5-6-11(19-8)9-3-2-4-10(14)12(9)15/h2-7H,1H3,(H2,16,18,20)/b17-7-. The number of halogens is 2. The van der Waals surface area contributed by atoms with Crippen molar-refractivity contribution in [2.24, 2.45) is 5.10 Å². The highest BCUT2D eigenvalue weighted by Crippen LogP contribution is 2.33. The highest BCUT2D eigenvalue weighted by molar-refractivity contribution is 7.80. The molecule has 0 atom stereocenters. The SMILES string of the molecule is CNC(=S)N/N=C\c1ccc(-c2cccc(Cl)c2Cl)o1. The van der Waals surface area contributed by atoms with Crippen LogP contribution in [0.3, 0.4) is 0 Å². The number of hydrogen-bond acceptors (Lipinski definition) is 3. The molecule has 2 rings (SSSR count). The highest BCUT2D eigenvalue weighted by Gasteiger charge is 2.10. The molecule has 0 aliphatic rings. The summed E-state index contributed by atoms with van der Waals surface area (Å²) in [6, 6.07) is 8.95. The van der Waals surface area contributed by atoms with Crippen LogP contribution in [0.25, 0.3) is 11.3 Å². The molecule has 7 heteroatoms. The Morgan fingerprint density at radius 2 is 2.10 bits per heavy atom. The number of thiocarbonyl (C=S) groups is 1. The van der Waals surface area contributed by atoms with Crippen molar-refractivity contribution < 1.29 is 4.42 Å². The van der Waals surface area contributed by atoms with Gasteiger partial charge in [-0.2, -0.15) is 5.10 Å². The van der Waals surface area contributed by atoms with Crippen molar-refractivity contribution in [3.8, 4) is 11.3 Å². The first-order chi connectivity index (χ1) is 9.61. The molecular formula is C13H11Cl2N3OS. The number of furan rings is 1. The lowest BCUT2D eigenvalue weighted by atomic mass is 10.2. The summed E-state index contributed by atoms with van der Waals surface area (Å²) < 4.78 is 5.62. The highest BCUT2D eigenvalue weighted by atomic mass is 35.5. The molecule has 1 aromatic heterocycles. The second kappa shape index (κ2) is 6.74. The predicted octanol–water partition coefficient (Wildman–Crippen LogP) is 3.68. The number of nitrogens with one attached hydrogen (secondary N) is 2. The Morgan fingerprint density at radius 3 is 2.85 bits per heavy atom. The summed E-state index contributed by atoms with van der Waals surface area (Å²) in [5.74, 6) is 1.19. The summed E-state index contributed by atoms with van der Waals surface area (Å²) in [6.07, 6.45) is 1.52. The first kappa shape index (κ1) is 14.8. The van der Waals surface area contributed by atoms with Gasteiger partial charge in [0.05, 0.1) is 16.3 Å². The zero-order valence-electron chi connectivity index (χ0n) is 10.5. The smallest absolute Gasteiger partial charge is 0.186 e. The van der Waals surface area contributed by atoms with Crippen LogP contribution >= 0.6 is 35.4 Å². The summed E-state index contributed by atoms with van der Waals surface area (Å²) in [5.41, 5.74) is 3.37. The lowest BCUT2D eigenvalue weighted by molar-refractivity contribution is 0.574. The molecule has 20 heavy (non-hydrogen) atoms. The molecule has 0 aliphatic heterocycles. The fourth-order valence-corrected chi connectivity index (χ4v) is 1.92. The summed E-state index contributed by atoms with van der Waals surface area (Å²) in [5, 5.41) is 8.03. The van der Waals surface area contributed by atoms with Gasteiger partial charge < -0.3 is 9.73 Å². The summed E-state index contributed by atoms with van der Waals surface area (Å²) >= 11 is 17.0. The van der Waals surface area contributed by atoms with Crippen LogP contribution in [0.2, 0.25) is 10.0 Å². The fourth-order valence-electron chi connectivity index (χ4n) is 1.47. The van der Waals surface area contributed by atoms with Gasteiger partial charge in [0, 0.05) is 12.6 Å². The van der Waals surface area contributed by atoms with Crippen LogP contribution in [0.15, 0.2) is 39.9 Å². The third-order valence-electron chi connectivity index (χ3n) is 2.43. The third kappa shape index (κ3) is 3.50. The second-order valence-electron chi connectivity index (χ2n) is 3.75. The normalized spacial score (nSPS) is 10.8. The topological polar surface area (TPSA) is 49.6 Å². The van der Waals surface area contributed by atoms with Crippen molar-refractivity contribution in [2.45, 2.75) is 0 Å². The molecule has 0 saturated carbocycles. The maximum absolute atomic E-state index is 6.14. The summed E-state index contributed by atoms with van der Waals surface area (Å²) in [4.78, 5) is 0. The average molecular weight is 328 g/mol. The number of hydrazone groups is 1. The van der Waals surface area contributed by atoms with Crippen LogP contribution in [0.4, 0.5) is 0 Å². The number of benzene rings is 1. The molecule has 0 aliphatic carbocycles.